The molecule has 14 aromatic rings. The van der Waals surface area contributed by atoms with Gasteiger partial charge in [-0.15, -0.1) is 0 Å². The second-order valence-electron chi connectivity index (χ2n) is 33.5. The summed E-state index contributed by atoms with van der Waals surface area (Å²) in [5.74, 6) is -4.43. The van der Waals surface area contributed by atoms with Gasteiger partial charge in [0.15, 0.2) is 31.3 Å². The Labute approximate surface area is 860 Å². The maximum atomic E-state index is 13.5. The first kappa shape index (κ1) is 118. The summed E-state index contributed by atoms with van der Waals surface area (Å²) in [6.07, 6.45) is 0.206. The van der Waals surface area contributed by atoms with Crippen LogP contribution in [0.5, 0.6) is 5.88 Å². The largest absolute Gasteiger partial charge is 0.481 e. The van der Waals surface area contributed by atoms with Gasteiger partial charge >= 0.3 is 6.03 Å². The molecule has 1 heterocycles. The van der Waals surface area contributed by atoms with E-state index >= 15 is 0 Å². The van der Waals surface area contributed by atoms with Gasteiger partial charge in [-0.25, -0.2) is 119 Å². The highest BCUT2D eigenvalue weighted by molar-refractivity contribution is 7.92. The van der Waals surface area contributed by atoms with Crippen molar-refractivity contribution in [3.05, 3.63) is 429 Å². The molecular weight excluding hydrogens is 2060 g/mol. The minimum Gasteiger partial charge on any atom is -0.481 e. The van der Waals surface area contributed by atoms with Gasteiger partial charge in [-0.05, 0) is 336 Å². The number of carbonyl (C=O) groups is 1. The number of nitriles is 1. The predicted octanol–water partition coefficient (Wildman–Crippen LogP) is 21.1. The number of rotatable bonds is 28. The van der Waals surface area contributed by atoms with Gasteiger partial charge in [-0.3, -0.25) is 5.32 Å². The Kier molecular flexibility index (Phi) is 43.4. The first-order valence-corrected chi connectivity index (χ1v) is 55.9. The number of hydrogen-bond acceptors (Lipinski definition) is 19. The van der Waals surface area contributed by atoms with E-state index in [9.17, 15) is 90.1 Å². The van der Waals surface area contributed by atoms with E-state index in [2.05, 4.69) is 34.2 Å². The Balaban J connectivity index is 0.000000208. The van der Waals surface area contributed by atoms with E-state index in [0.29, 0.717) is 56.4 Å². The fourth-order valence-corrected chi connectivity index (χ4v) is 21.6. The smallest absolute Gasteiger partial charge is 0.335 e. The van der Waals surface area contributed by atoms with Crippen LogP contribution in [-0.2, 0) is 109 Å². The second-order valence-corrected chi connectivity index (χ2v) is 47.3. The summed E-state index contributed by atoms with van der Waals surface area (Å²) in [4.78, 5) is 20.4. The van der Waals surface area contributed by atoms with Crippen molar-refractivity contribution >= 4 is 105 Å². The molecule has 146 heavy (non-hydrogen) atoms. The predicted molar refractivity (Wildman–Crippen MR) is 555 cm³/mol. The molecule has 40 heteroatoms. The number of aromatic nitrogens is 2. The maximum absolute atomic E-state index is 13.5. The summed E-state index contributed by atoms with van der Waals surface area (Å²) in [5.41, 5.74) is 16.6. The SMILES string of the molecule is COc1cc(C)nc(NC(=O)NS(=O)(=O)c2ccccc2C)n1.Cc1cc(CCS(=O)(=O)c2cccc(C#N)c2)ccc1F.Cc1ccc(CNS(=O)(=O)c2ccc(F)c(F)c2)cc1C.Cc1ccc(CNS(=O)(=O)c2ccc(F)cc2)cc1C.Cc1ccc(S(=O)(=O)CCc2cc(F)ccc2F)cc1Cl.Cc1cccc(S(=O)(=O)NCc2ccc(C)c(C)c2)c1.Cc1cccc(S(=O)(=O)NCc2ccc(C)c(Cl)c2)c1. The zero-order chi connectivity index (χ0) is 108. The van der Waals surface area contributed by atoms with Gasteiger partial charge < -0.3 is 4.74 Å². The van der Waals surface area contributed by atoms with Crippen molar-refractivity contribution < 1.29 is 94.8 Å². The molecule has 0 saturated carbocycles. The number of aryl methyl sites for hydroxylation is 15. The van der Waals surface area contributed by atoms with Crippen molar-refractivity contribution in [3.8, 4) is 11.9 Å². The number of amides is 2. The number of anilines is 1. The first-order valence-electron chi connectivity index (χ1n) is 44.4. The van der Waals surface area contributed by atoms with E-state index < -0.39 is 105 Å². The molecule has 14 rings (SSSR count). The number of hydrogen-bond donors (Lipinski definition) is 6. The molecule has 0 bridgehead atoms. The molecule has 772 valence electrons. The third-order valence-corrected chi connectivity index (χ3v) is 33.3. The van der Waals surface area contributed by atoms with Gasteiger partial charge in [0.05, 0.1) is 64.5 Å². The number of sulfone groups is 2. The van der Waals surface area contributed by atoms with E-state index in [1.807, 2.05) is 152 Å². The Morgan fingerprint density at radius 1 is 0.336 bits per heavy atom. The fraction of sp³-hybridized carbons (Fsp3) is 0.208. The fourth-order valence-electron chi connectivity index (χ4n) is 13.1. The zero-order valence-corrected chi connectivity index (χ0v) is 89.1. The van der Waals surface area contributed by atoms with Crippen molar-refractivity contribution in [1.29, 1.82) is 5.26 Å². The van der Waals surface area contributed by atoms with E-state index in [4.69, 9.17) is 33.2 Å². The van der Waals surface area contributed by atoms with Crippen LogP contribution >= 0.6 is 23.2 Å². The standard InChI is InChI=1S/C16H14FNO2S.C16H19NO2S.C15H13ClF2O2S.C15H16ClNO2S.C15H15F2NO2S.C15H16FNO2S.C14H16N4O4S/c1-12-9-13(5-6-16(12)17)7-8-21(19,20)15-4-2-3-14(10-15)11-18;1-12-5-4-6-16(9-12)20(18,19)17-11-15-8-7-13(2)14(3)10-15;1-10-2-4-13(9-14(10)16)21(19,20)7-6-11-8-12(17)3-5-15(11)18;1-11-4-3-5-14(8-11)20(18,19)17-10-13-7-6-12(2)15(16)9-13;1-10-3-4-12(7-11(10)2)9-18-21(19,20)13-5-6-14(16)15(17)8-13;1-11-3-4-13(9-12(11)2)10-17-20(18,19)15-7-5-14(16)6-8-15;1-9-6-4-5-7-11(9)23(20,21)18-14(19)17-13-15-10(2)8-12(16-13)22-3/h2-6,9-10H,7-8H2,1H3;4-10,17H,11H2,1-3H3;2-5,8-9H,6-7H2,1H3;3-9,17H,10H2,1-2H3;3-8,18H,9H2,1-2H3;3-9,17H,10H2,1-2H3;4-8H,1-3H3,(H2,15,16,17,18,19). The van der Waals surface area contributed by atoms with E-state index in [1.54, 1.807) is 125 Å². The van der Waals surface area contributed by atoms with Crippen molar-refractivity contribution in [2.45, 2.75) is 163 Å². The molecule has 0 fully saturated rings. The summed E-state index contributed by atoms with van der Waals surface area (Å²) in [7, 11) is -24.1. The van der Waals surface area contributed by atoms with Crippen LogP contribution < -0.4 is 33.7 Å². The lowest BCUT2D eigenvalue weighted by Gasteiger charge is -2.10. The van der Waals surface area contributed by atoms with E-state index in [-0.39, 0.29) is 90.1 Å². The molecule has 1 aromatic heterocycles. The van der Waals surface area contributed by atoms with Crippen LogP contribution in [0.2, 0.25) is 10.0 Å². The van der Waals surface area contributed by atoms with Crippen LogP contribution in [0.15, 0.2) is 307 Å². The Bertz CT molecular complexity index is 7840. The molecule has 0 spiro atoms. The number of methoxy groups -OCH3 is 1. The molecule has 0 radical (unpaired) electrons. The van der Waals surface area contributed by atoms with Crippen molar-refractivity contribution in [2.24, 2.45) is 0 Å². The van der Waals surface area contributed by atoms with Crippen molar-refractivity contribution in [2.75, 3.05) is 23.9 Å². The number of halogens is 8. The third-order valence-electron chi connectivity index (χ3n) is 22.0. The van der Waals surface area contributed by atoms with Gasteiger partial charge in [-0.2, -0.15) is 10.2 Å². The Hall–Kier alpha value is -12.9. The highest BCUT2D eigenvalue weighted by Gasteiger charge is 2.25. The molecule has 0 saturated heterocycles. The molecule has 0 aliphatic rings. The molecule has 13 aromatic carbocycles. The molecule has 6 N–H and O–H groups in total. The summed E-state index contributed by atoms with van der Waals surface area (Å²) >= 11 is 11.9. The van der Waals surface area contributed by atoms with Gasteiger partial charge in [0, 0.05) is 48.0 Å². The van der Waals surface area contributed by atoms with E-state index in [1.165, 1.54) is 61.2 Å². The van der Waals surface area contributed by atoms with Gasteiger partial charge in [-0.1, -0.05) is 157 Å². The third kappa shape index (κ3) is 37.0. The highest BCUT2D eigenvalue weighted by Crippen LogP contribution is 2.27. The highest BCUT2D eigenvalue weighted by atomic mass is 35.5. The first-order chi connectivity index (χ1) is 68.5. The zero-order valence-electron chi connectivity index (χ0n) is 81.9. The Morgan fingerprint density at radius 3 is 1.21 bits per heavy atom. The molecular formula is C106H109Cl2F6N9O16S7. The number of sulfonamides is 5. The number of nitrogens with zero attached hydrogens (tertiary/aromatic N) is 3. The number of benzene rings is 13. The number of urea groups is 1. The van der Waals surface area contributed by atoms with Crippen LogP contribution in [0.3, 0.4) is 0 Å². The molecule has 0 atom stereocenters. The lowest BCUT2D eigenvalue weighted by atomic mass is 10.1. The monoisotopic (exact) mass is 2170 g/mol. The van der Waals surface area contributed by atoms with Crippen LogP contribution in [0, 0.1) is 136 Å². The summed E-state index contributed by atoms with van der Waals surface area (Å²) in [5, 5.41) is 12.1. The van der Waals surface area contributed by atoms with Gasteiger partial charge in [0.25, 0.3) is 10.0 Å². The van der Waals surface area contributed by atoms with Crippen LogP contribution in [0.25, 0.3) is 0 Å². The van der Waals surface area contributed by atoms with Crippen LogP contribution in [-0.4, -0.2) is 93.5 Å². The average molecular weight is 2170 g/mol. The topological polar surface area (TPSA) is 387 Å². The minimum absolute atomic E-state index is 0.0258. The van der Waals surface area contributed by atoms with Crippen LogP contribution in [0.4, 0.5) is 37.1 Å². The quantitative estimate of drug-likeness (QED) is 0.0248. The second kappa shape index (κ2) is 53.5. The molecule has 0 aliphatic carbocycles. The molecule has 25 nitrogen and oxygen atoms in total. The Morgan fingerprint density at radius 2 is 0.740 bits per heavy atom. The number of nitrogens with one attached hydrogen (secondary N) is 6. The van der Waals surface area contributed by atoms with Crippen LogP contribution in [0.1, 0.15) is 111 Å². The maximum Gasteiger partial charge on any atom is 0.335 e. The number of carbonyl (C=O) groups excluding carboxylic acids is 1. The summed E-state index contributed by atoms with van der Waals surface area (Å²) < 4.78 is 266. The van der Waals surface area contributed by atoms with Crippen molar-refractivity contribution in [3.63, 3.8) is 0 Å². The van der Waals surface area contributed by atoms with Gasteiger partial charge in [0.2, 0.25) is 51.9 Å². The lowest BCUT2D eigenvalue weighted by molar-refractivity contribution is 0.256. The molecule has 0 aliphatic heterocycles. The normalized spacial score (nSPS) is 11.4. The lowest BCUT2D eigenvalue weighted by Crippen LogP contribution is -2.35. The van der Waals surface area contributed by atoms with E-state index in [0.717, 1.165) is 120 Å². The molecule has 2 amide bonds. The minimum atomic E-state index is -3.98. The number of ether oxygens (including phenoxy) is 1. The van der Waals surface area contributed by atoms with Crippen molar-refractivity contribution in [1.82, 2.24) is 33.6 Å². The summed E-state index contributed by atoms with van der Waals surface area (Å²) in [6, 6.07) is 70.6. The summed E-state index contributed by atoms with van der Waals surface area (Å²) in [6.45, 7) is 25.1. The molecule has 0 unspecified atom stereocenters. The van der Waals surface area contributed by atoms with Gasteiger partial charge in [0.1, 0.15) is 23.3 Å². The average Bonchev–Trinajstić information content (AvgIpc) is 0.812.